The van der Waals surface area contributed by atoms with Gasteiger partial charge < -0.3 is 10.1 Å². The van der Waals surface area contributed by atoms with Gasteiger partial charge in [-0.3, -0.25) is 4.79 Å². The van der Waals surface area contributed by atoms with Crippen LogP contribution in [0.3, 0.4) is 0 Å². The molecular weight excluding hydrogens is 214 g/mol. The molecule has 1 aromatic carbocycles. The summed E-state index contributed by atoms with van der Waals surface area (Å²) in [5.41, 5.74) is 0. The maximum absolute atomic E-state index is 11.6. The van der Waals surface area contributed by atoms with Gasteiger partial charge in [-0.25, -0.2) is 0 Å². The fourth-order valence-corrected chi connectivity index (χ4v) is 2.11. The van der Waals surface area contributed by atoms with E-state index in [-0.39, 0.29) is 5.92 Å². The minimum Gasteiger partial charge on any atom is -0.494 e. The van der Waals surface area contributed by atoms with Crippen LogP contribution in [0.25, 0.3) is 0 Å². The van der Waals surface area contributed by atoms with Crippen molar-refractivity contribution in [2.24, 2.45) is 5.92 Å². The summed E-state index contributed by atoms with van der Waals surface area (Å²) in [6, 6.07) is 9.80. The van der Waals surface area contributed by atoms with Crippen molar-refractivity contribution in [2.45, 2.75) is 19.3 Å². The molecule has 1 atom stereocenters. The molecule has 2 rings (SSSR count). The predicted molar refractivity (Wildman–Crippen MR) is 67.2 cm³/mol. The van der Waals surface area contributed by atoms with Crippen molar-refractivity contribution in [1.29, 1.82) is 0 Å². The van der Waals surface area contributed by atoms with Crippen molar-refractivity contribution < 1.29 is 9.53 Å². The third-order valence-corrected chi connectivity index (χ3v) is 3.10. The van der Waals surface area contributed by atoms with Crippen LogP contribution >= 0.6 is 0 Å². The average Bonchev–Trinajstić information content (AvgIpc) is 2.38. The van der Waals surface area contributed by atoms with Crippen LogP contribution < -0.4 is 10.1 Å². The zero-order valence-corrected chi connectivity index (χ0v) is 10.0. The number of carbonyl (C=O) groups is 1. The van der Waals surface area contributed by atoms with Gasteiger partial charge in [0.25, 0.3) is 0 Å². The first-order valence-corrected chi connectivity index (χ1v) is 6.27. The number of ether oxygens (including phenoxy) is 1. The molecule has 3 heteroatoms. The van der Waals surface area contributed by atoms with E-state index >= 15 is 0 Å². The van der Waals surface area contributed by atoms with Crippen LogP contribution in [0, 0.1) is 5.92 Å². The van der Waals surface area contributed by atoms with Gasteiger partial charge in [0.1, 0.15) is 11.5 Å². The Morgan fingerprint density at radius 3 is 2.88 bits per heavy atom. The molecular formula is C14H19NO2. The second-order valence-corrected chi connectivity index (χ2v) is 4.42. The van der Waals surface area contributed by atoms with Gasteiger partial charge >= 0.3 is 0 Å². The van der Waals surface area contributed by atoms with E-state index in [0.29, 0.717) is 18.8 Å². The van der Waals surface area contributed by atoms with E-state index in [2.05, 4.69) is 5.32 Å². The molecule has 0 bridgehead atoms. The normalized spacial score (nSPS) is 20.2. The highest BCUT2D eigenvalue weighted by Gasteiger charge is 2.20. The van der Waals surface area contributed by atoms with Gasteiger partial charge in [0, 0.05) is 25.4 Å². The maximum atomic E-state index is 11.6. The fraction of sp³-hybridized carbons (Fsp3) is 0.500. The molecule has 3 nitrogen and oxygen atoms in total. The molecule has 1 N–H and O–H groups in total. The molecule has 1 aliphatic rings. The number of benzene rings is 1. The molecule has 1 aromatic rings. The molecule has 0 amide bonds. The number of ketones is 1. The van der Waals surface area contributed by atoms with Crippen molar-refractivity contribution in [3.05, 3.63) is 30.3 Å². The Kier molecular flexibility index (Phi) is 4.56. The van der Waals surface area contributed by atoms with Gasteiger partial charge in [0.2, 0.25) is 0 Å². The highest BCUT2D eigenvalue weighted by Crippen LogP contribution is 2.14. The Balaban J connectivity index is 1.64. The molecule has 0 radical (unpaired) electrons. The molecule has 0 aliphatic carbocycles. The Bertz CT molecular complexity index is 350. The summed E-state index contributed by atoms with van der Waals surface area (Å²) in [4.78, 5) is 11.6. The van der Waals surface area contributed by atoms with Crippen LogP contribution in [0.1, 0.15) is 19.3 Å². The van der Waals surface area contributed by atoms with Crippen LogP contribution in [0.2, 0.25) is 0 Å². The van der Waals surface area contributed by atoms with E-state index in [1.54, 1.807) is 0 Å². The lowest BCUT2D eigenvalue weighted by Gasteiger charge is -2.21. The van der Waals surface area contributed by atoms with E-state index in [0.717, 1.165) is 31.7 Å². The third kappa shape index (κ3) is 3.86. The lowest BCUT2D eigenvalue weighted by Crippen LogP contribution is -2.36. The highest BCUT2D eigenvalue weighted by molar-refractivity contribution is 5.82. The van der Waals surface area contributed by atoms with Crippen molar-refractivity contribution in [3.63, 3.8) is 0 Å². The first kappa shape index (κ1) is 12.1. The molecule has 0 saturated carbocycles. The quantitative estimate of drug-likeness (QED) is 0.791. The predicted octanol–water partition coefficient (Wildman–Crippen LogP) is 2.02. The molecule has 1 unspecified atom stereocenters. The SMILES string of the molecule is O=C1CCNCC1CCCOc1ccccc1. The lowest BCUT2D eigenvalue weighted by molar-refractivity contribution is -0.124. The van der Waals surface area contributed by atoms with Crippen LogP contribution in [0.4, 0.5) is 0 Å². The summed E-state index contributed by atoms with van der Waals surface area (Å²) in [6.45, 7) is 2.37. The van der Waals surface area contributed by atoms with Crippen molar-refractivity contribution in [3.8, 4) is 5.75 Å². The summed E-state index contributed by atoms with van der Waals surface area (Å²) in [5.74, 6) is 1.51. The van der Waals surface area contributed by atoms with Gasteiger partial charge in [0.15, 0.2) is 0 Å². The Morgan fingerprint density at radius 2 is 2.12 bits per heavy atom. The summed E-state index contributed by atoms with van der Waals surface area (Å²) in [6.07, 6.45) is 2.55. The van der Waals surface area contributed by atoms with Gasteiger partial charge in [-0.15, -0.1) is 0 Å². The number of para-hydroxylation sites is 1. The standard InChI is InChI=1S/C14H19NO2/c16-14-8-9-15-11-12(14)5-4-10-17-13-6-2-1-3-7-13/h1-3,6-7,12,15H,4-5,8-11H2. The van der Waals surface area contributed by atoms with Gasteiger partial charge in [-0.1, -0.05) is 18.2 Å². The topological polar surface area (TPSA) is 38.3 Å². The highest BCUT2D eigenvalue weighted by atomic mass is 16.5. The van der Waals surface area contributed by atoms with E-state index in [1.165, 1.54) is 0 Å². The number of nitrogens with one attached hydrogen (secondary N) is 1. The lowest BCUT2D eigenvalue weighted by atomic mass is 9.93. The number of carbonyl (C=O) groups excluding carboxylic acids is 1. The molecule has 1 saturated heterocycles. The van der Waals surface area contributed by atoms with Gasteiger partial charge in [-0.05, 0) is 25.0 Å². The Hall–Kier alpha value is -1.35. The Morgan fingerprint density at radius 1 is 1.29 bits per heavy atom. The third-order valence-electron chi connectivity index (χ3n) is 3.10. The number of hydrogen-bond donors (Lipinski definition) is 1. The minimum atomic E-state index is 0.197. The summed E-state index contributed by atoms with van der Waals surface area (Å²) in [7, 11) is 0. The van der Waals surface area contributed by atoms with Crippen molar-refractivity contribution in [2.75, 3.05) is 19.7 Å². The molecule has 0 spiro atoms. The summed E-state index contributed by atoms with van der Waals surface area (Å²) < 4.78 is 5.60. The first-order valence-electron chi connectivity index (χ1n) is 6.27. The van der Waals surface area contributed by atoms with E-state index in [1.807, 2.05) is 30.3 Å². The van der Waals surface area contributed by atoms with Crippen molar-refractivity contribution >= 4 is 5.78 Å². The van der Waals surface area contributed by atoms with Crippen LogP contribution in [-0.4, -0.2) is 25.5 Å². The first-order chi connectivity index (χ1) is 8.36. The number of piperidine rings is 1. The van der Waals surface area contributed by atoms with Gasteiger partial charge in [-0.2, -0.15) is 0 Å². The average molecular weight is 233 g/mol. The summed E-state index contributed by atoms with van der Waals surface area (Å²) >= 11 is 0. The van der Waals surface area contributed by atoms with E-state index < -0.39 is 0 Å². The second-order valence-electron chi connectivity index (χ2n) is 4.42. The van der Waals surface area contributed by atoms with Crippen LogP contribution in [0.15, 0.2) is 30.3 Å². The number of rotatable bonds is 5. The van der Waals surface area contributed by atoms with E-state index in [9.17, 15) is 4.79 Å². The van der Waals surface area contributed by atoms with E-state index in [4.69, 9.17) is 4.74 Å². The number of hydrogen-bond acceptors (Lipinski definition) is 3. The fourth-order valence-electron chi connectivity index (χ4n) is 2.11. The number of Topliss-reactive ketones (excluding diaryl/α,β-unsaturated/α-hetero) is 1. The summed E-state index contributed by atoms with van der Waals surface area (Å²) in [5, 5.41) is 3.26. The molecule has 0 aromatic heterocycles. The minimum absolute atomic E-state index is 0.197. The maximum Gasteiger partial charge on any atom is 0.138 e. The zero-order valence-electron chi connectivity index (χ0n) is 10.0. The largest absolute Gasteiger partial charge is 0.494 e. The molecule has 1 fully saturated rings. The van der Waals surface area contributed by atoms with Crippen molar-refractivity contribution in [1.82, 2.24) is 5.32 Å². The zero-order chi connectivity index (χ0) is 11.9. The molecule has 1 heterocycles. The Labute approximate surface area is 102 Å². The molecule has 1 aliphatic heterocycles. The molecule has 92 valence electrons. The molecule has 17 heavy (non-hydrogen) atoms. The van der Waals surface area contributed by atoms with Crippen LogP contribution in [0.5, 0.6) is 5.75 Å². The smallest absolute Gasteiger partial charge is 0.138 e. The second kappa shape index (κ2) is 6.40. The van der Waals surface area contributed by atoms with Crippen LogP contribution in [-0.2, 0) is 4.79 Å². The monoisotopic (exact) mass is 233 g/mol. The van der Waals surface area contributed by atoms with Gasteiger partial charge in [0.05, 0.1) is 6.61 Å².